The zero-order valence-electron chi connectivity index (χ0n) is 12.8. The summed E-state index contributed by atoms with van der Waals surface area (Å²) in [6.07, 6.45) is 10.0. The Balaban J connectivity index is 2.02. The van der Waals surface area contributed by atoms with Crippen molar-refractivity contribution in [3.05, 3.63) is 0 Å². The Morgan fingerprint density at radius 1 is 1.16 bits per heavy atom. The molecule has 0 saturated carbocycles. The van der Waals surface area contributed by atoms with Gasteiger partial charge in [0.2, 0.25) is 0 Å². The molecule has 19 heavy (non-hydrogen) atoms. The normalized spacial score (nSPS) is 23.2. The molecule has 0 aromatic rings. The maximum absolute atomic E-state index is 14.4. The number of morpholine rings is 1. The van der Waals surface area contributed by atoms with E-state index in [0.717, 1.165) is 19.6 Å². The van der Waals surface area contributed by atoms with Gasteiger partial charge in [0.1, 0.15) is 5.67 Å². The van der Waals surface area contributed by atoms with Crippen LogP contribution in [0.2, 0.25) is 0 Å². The van der Waals surface area contributed by atoms with Crippen LogP contribution in [0.1, 0.15) is 71.6 Å². The van der Waals surface area contributed by atoms with Crippen molar-refractivity contribution < 1.29 is 9.13 Å². The lowest BCUT2D eigenvalue weighted by molar-refractivity contribution is 0.0451. The Morgan fingerprint density at radius 2 is 1.84 bits per heavy atom. The average Bonchev–Trinajstić information content (AvgIpc) is 2.38. The number of rotatable bonds is 10. The number of hydrogen-bond acceptors (Lipinski definition) is 2. The quantitative estimate of drug-likeness (QED) is 0.601. The summed E-state index contributed by atoms with van der Waals surface area (Å²) in [6.45, 7) is 6.27. The first-order valence-corrected chi connectivity index (χ1v) is 8.14. The van der Waals surface area contributed by atoms with Gasteiger partial charge in [-0.1, -0.05) is 51.9 Å². The molecular formula is C16H32FNO. The van der Waals surface area contributed by atoms with Crippen LogP contribution in [-0.2, 0) is 4.74 Å². The summed E-state index contributed by atoms with van der Waals surface area (Å²) in [7, 11) is 0. The highest BCUT2D eigenvalue weighted by Gasteiger charge is 2.28. The van der Waals surface area contributed by atoms with E-state index >= 15 is 0 Å². The third-order valence-electron chi connectivity index (χ3n) is 3.97. The van der Waals surface area contributed by atoms with E-state index in [1.54, 1.807) is 6.92 Å². The van der Waals surface area contributed by atoms with Crippen molar-refractivity contribution in [3.8, 4) is 0 Å². The summed E-state index contributed by atoms with van der Waals surface area (Å²) in [6, 6.07) is 0.202. The molecule has 1 fully saturated rings. The fraction of sp³-hybridized carbons (Fsp3) is 1.00. The first kappa shape index (κ1) is 16.9. The second-order valence-electron chi connectivity index (χ2n) is 6.21. The predicted octanol–water partition coefficient (Wildman–Crippen LogP) is 4.23. The van der Waals surface area contributed by atoms with Crippen molar-refractivity contribution in [2.24, 2.45) is 0 Å². The smallest absolute Gasteiger partial charge is 0.109 e. The van der Waals surface area contributed by atoms with Crippen molar-refractivity contribution in [1.29, 1.82) is 0 Å². The van der Waals surface area contributed by atoms with Gasteiger partial charge in [-0.3, -0.25) is 0 Å². The topological polar surface area (TPSA) is 21.3 Å². The lowest BCUT2D eigenvalue weighted by atomic mass is 9.92. The van der Waals surface area contributed by atoms with Gasteiger partial charge >= 0.3 is 0 Å². The number of hydrogen-bond donors (Lipinski definition) is 1. The van der Waals surface area contributed by atoms with E-state index < -0.39 is 5.67 Å². The monoisotopic (exact) mass is 273 g/mol. The van der Waals surface area contributed by atoms with Crippen molar-refractivity contribution in [2.75, 3.05) is 19.8 Å². The van der Waals surface area contributed by atoms with Crippen LogP contribution >= 0.6 is 0 Å². The number of ether oxygens (including phenoxy) is 1. The second kappa shape index (κ2) is 9.71. The largest absolute Gasteiger partial charge is 0.379 e. The molecule has 0 bridgehead atoms. The van der Waals surface area contributed by atoms with Crippen LogP contribution in [0.5, 0.6) is 0 Å². The first-order valence-electron chi connectivity index (χ1n) is 8.14. The molecule has 0 aromatic carbocycles. The third-order valence-corrected chi connectivity index (χ3v) is 3.97. The molecule has 1 N–H and O–H groups in total. The molecule has 1 aliphatic heterocycles. The third kappa shape index (κ3) is 8.59. The van der Waals surface area contributed by atoms with Crippen LogP contribution in [0.4, 0.5) is 4.39 Å². The van der Waals surface area contributed by atoms with Crippen molar-refractivity contribution >= 4 is 0 Å². The highest BCUT2D eigenvalue weighted by molar-refractivity contribution is 4.82. The zero-order valence-corrected chi connectivity index (χ0v) is 12.8. The molecule has 2 nitrogen and oxygen atoms in total. The minimum atomic E-state index is -1.04. The van der Waals surface area contributed by atoms with E-state index in [1.165, 1.54) is 38.5 Å². The fourth-order valence-corrected chi connectivity index (χ4v) is 2.82. The molecule has 1 saturated heterocycles. The minimum absolute atomic E-state index is 0.202. The van der Waals surface area contributed by atoms with Gasteiger partial charge in [-0.2, -0.15) is 0 Å². The SMILES string of the molecule is CCCCCCCCCC(C)(F)CC1COCCN1. The molecule has 0 aromatic heterocycles. The summed E-state index contributed by atoms with van der Waals surface area (Å²) in [5.74, 6) is 0. The summed E-state index contributed by atoms with van der Waals surface area (Å²) >= 11 is 0. The predicted molar refractivity (Wildman–Crippen MR) is 79.3 cm³/mol. The fourth-order valence-electron chi connectivity index (χ4n) is 2.82. The van der Waals surface area contributed by atoms with Crippen molar-refractivity contribution in [1.82, 2.24) is 5.32 Å². The molecule has 0 amide bonds. The highest BCUT2D eigenvalue weighted by atomic mass is 19.1. The molecule has 2 unspecified atom stereocenters. The Bertz CT molecular complexity index is 215. The van der Waals surface area contributed by atoms with Gasteiger partial charge in [-0.15, -0.1) is 0 Å². The molecule has 0 spiro atoms. The molecule has 3 heteroatoms. The minimum Gasteiger partial charge on any atom is -0.379 e. The highest BCUT2D eigenvalue weighted by Crippen LogP contribution is 2.26. The summed E-state index contributed by atoms with van der Waals surface area (Å²) in [5.41, 5.74) is -1.04. The van der Waals surface area contributed by atoms with Crippen LogP contribution in [-0.4, -0.2) is 31.5 Å². The van der Waals surface area contributed by atoms with Gasteiger partial charge in [-0.25, -0.2) is 4.39 Å². The maximum atomic E-state index is 14.4. The zero-order chi connectivity index (χ0) is 14.0. The molecule has 2 atom stereocenters. The summed E-state index contributed by atoms with van der Waals surface area (Å²) in [4.78, 5) is 0. The van der Waals surface area contributed by atoms with E-state index in [9.17, 15) is 4.39 Å². The van der Waals surface area contributed by atoms with Crippen LogP contribution in [0.25, 0.3) is 0 Å². The average molecular weight is 273 g/mol. The van der Waals surface area contributed by atoms with Gasteiger partial charge in [-0.05, 0) is 19.8 Å². The Labute approximate surface area is 118 Å². The Kier molecular flexibility index (Phi) is 8.64. The molecule has 0 aliphatic carbocycles. The van der Waals surface area contributed by atoms with Crippen LogP contribution in [0.15, 0.2) is 0 Å². The van der Waals surface area contributed by atoms with Gasteiger partial charge < -0.3 is 10.1 Å². The molecule has 0 radical (unpaired) electrons. The first-order chi connectivity index (χ1) is 9.14. The van der Waals surface area contributed by atoms with Gasteiger partial charge in [0.25, 0.3) is 0 Å². The van der Waals surface area contributed by atoms with Crippen LogP contribution in [0, 0.1) is 0 Å². The van der Waals surface area contributed by atoms with E-state index in [2.05, 4.69) is 12.2 Å². The lowest BCUT2D eigenvalue weighted by Crippen LogP contribution is -2.44. The van der Waals surface area contributed by atoms with E-state index in [0.29, 0.717) is 19.4 Å². The molecule has 1 rings (SSSR count). The second-order valence-corrected chi connectivity index (χ2v) is 6.21. The number of unbranched alkanes of at least 4 members (excludes halogenated alkanes) is 6. The van der Waals surface area contributed by atoms with Gasteiger partial charge in [0, 0.05) is 12.6 Å². The lowest BCUT2D eigenvalue weighted by Gasteiger charge is -2.30. The summed E-state index contributed by atoms with van der Waals surface area (Å²) < 4.78 is 19.8. The van der Waals surface area contributed by atoms with Crippen molar-refractivity contribution in [3.63, 3.8) is 0 Å². The molecular weight excluding hydrogens is 241 g/mol. The van der Waals surface area contributed by atoms with Crippen molar-refractivity contribution in [2.45, 2.75) is 83.3 Å². The number of halogens is 1. The van der Waals surface area contributed by atoms with Crippen LogP contribution in [0.3, 0.4) is 0 Å². The molecule has 114 valence electrons. The Morgan fingerprint density at radius 3 is 2.47 bits per heavy atom. The van der Waals surface area contributed by atoms with E-state index in [4.69, 9.17) is 4.74 Å². The maximum Gasteiger partial charge on any atom is 0.109 e. The van der Waals surface area contributed by atoms with Gasteiger partial charge in [0.05, 0.1) is 13.2 Å². The van der Waals surface area contributed by atoms with Gasteiger partial charge in [0.15, 0.2) is 0 Å². The number of nitrogens with one attached hydrogen (secondary N) is 1. The molecule has 1 aliphatic rings. The van der Waals surface area contributed by atoms with E-state index in [-0.39, 0.29) is 6.04 Å². The number of alkyl halides is 1. The Hall–Kier alpha value is -0.150. The molecule has 1 heterocycles. The van der Waals surface area contributed by atoms with Crippen LogP contribution < -0.4 is 5.32 Å². The summed E-state index contributed by atoms with van der Waals surface area (Å²) in [5, 5.41) is 3.33. The van der Waals surface area contributed by atoms with E-state index in [1.807, 2.05) is 0 Å². The standard InChI is InChI=1S/C16H32FNO/c1-3-4-5-6-7-8-9-10-16(2,17)13-15-14-19-12-11-18-15/h15,18H,3-14H2,1-2H3.